The van der Waals surface area contributed by atoms with E-state index in [1.165, 1.54) is 25.1 Å². The largest absolute Gasteiger partial charge is 0.507 e. The van der Waals surface area contributed by atoms with Gasteiger partial charge in [-0.05, 0) is 31.4 Å². The maximum Gasteiger partial charge on any atom is 0.438 e. The fraction of sp³-hybridized carbons (Fsp3) is 0.556. The van der Waals surface area contributed by atoms with Crippen LogP contribution in [0.1, 0.15) is 61.4 Å². The highest BCUT2D eigenvalue weighted by molar-refractivity contribution is 6.00. The van der Waals surface area contributed by atoms with Crippen LogP contribution < -0.4 is 0 Å². The fourth-order valence-electron chi connectivity index (χ4n) is 2.89. The zero-order valence-corrected chi connectivity index (χ0v) is 14.8. The first-order valence-corrected chi connectivity index (χ1v) is 8.60. The minimum absolute atomic E-state index is 0.0661. The number of phenols is 1. The number of phenolic OH excluding ortho intramolecular Hbond substituents is 1. The van der Waals surface area contributed by atoms with E-state index in [-0.39, 0.29) is 22.7 Å². The van der Waals surface area contributed by atoms with Crippen molar-refractivity contribution in [3.63, 3.8) is 0 Å². The number of hydrogen-bond donors (Lipinski definition) is 2. The topological polar surface area (TPSA) is 73.1 Å². The highest BCUT2D eigenvalue weighted by Gasteiger charge is 2.63. The van der Waals surface area contributed by atoms with Gasteiger partial charge in [0.25, 0.3) is 11.6 Å². The second kappa shape index (κ2) is 7.65. The van der Waals surface area contributed by atoms with Gasteiger partial charge in [0.05, 0.1) is 5.56 Å². The van der Waals surface area contributed by atoms with Crippen LogP contribution in [0.15, 0.2) is 23.3 Å². The van der Waals surface area contributed by atoms with E-state index in [0.717, 1.165) is 19.3 Å². The highest BCUT2D eigenvalue weighted by Crippen LogP contribution is 2.42. The van der Waals surface area contributed by atoms with Crippen LogP contribution in [0, 0.1) is 6.92 Å². The molecule has 0 unspecified atom stereocenters. The van der Waals surface area contributed by atoms with Gasteiger partial charge in [-0.25, -0.2) is 0 Å². The number of amides is 1. The summed E-state index contributed by atoms with van der Waals surface area (Å²) in [6.07, 6.45) is -2.16. The number of benzene rings is 1. The Morgan fingerprint density at radius 3 is 2.62 bits per heavy atom. The number of carbonyl (C=O) groups is 1. The van der Waals surface area contributed by atoms with Gasteiger partial charge in [-0.3, -0.25) is 4.79 Å². The summed E-state index contributed by atoms with van der Waals surface area (Å²) in [4.78, 5) is 12.6. The zero-order chi connectivity index (χ0) is 19.5. The molecule has 26 heavy (non-hydrogen) atoms. The predicted octanol–water partition coefficient (Wildman–Crippen LogP) is 4.12. The van der Waals surface area contributed by atoms with E-state index in [4.69, 9.17) is 0 Å². The number of unbranched alkanes of at least 4 members (excludes halogenated alkanes) is 3. The smallest absolute Gasteiger partial charge is 0.438 e. The molecule has 2 N–H and O–H groups in total. The lowest BCUT2D eigenvalue weighted by atomic mass is 10.0. The first-order chi connectivity index (χ1) is 12.1. The van der Waals surface area contributed by atoms with E-state index in [0.29, 0.717) is 12.0 Å². The maximum absolute atomic E-state index is 13.5. The fourth-order valence-corrected chi connectivity index (χ4v) is 2.89. The quantitative estimate of drug-likeness (QED) is 0.738. The Balaban J connectivity index is 2.32. The number of halogens is 3. The first-order valence-electron chi connectivity index (χ1n) is 8.60. The van der Waals surface area contributed by atoms with Crippen molar-refractivity contribution in [3.8, 4) is 5.75 Å². The lowest BCUT2D eigenvalue weighted by Gasteiger charge is -2.32. The summed E-state index contributed by atoms with van der Waals surface area (Å²) in [6.45, 7) is 3.54. The van der Waals surface area contributed by atoms with Gasteiger partial charge in [0.1, 0.15) is 5.75 Å². The summed E-state index contributed by atoms with van der Waals surface area (Å²) >= 11 is 0. The number of aryl methyl sites for hydroxylation is 1. The molecule has 1 aliphatic rings. The molecule has 0 radical (unpaired) electrons. The number of rotatable bonds is 6. The van der Waals surface area contributed by atoms with Gasteiger partial charge in [-0.2, -0.15) is 23.3 Å². The number of carbonyl (C=O) groups excluding carboxylic acids is 1. The Labute approximate surface area is 150 Å². The number of hydrogen-bond acceptors (Lipinski definition) is 4. The van der Waals surface area contributed by atoms with Gasteiger partial charge in [0.15, 0.2) is 0 Å². The molecule has 0 aliphatic carbocycles. The van der Waals surface area contributed by atoms with Gasteiger partial charge >= 0.3 is 6.18 Å². The van der Waals surface area contributed by atoms with Gasteiger partial charge in [-0.1, -0.05) is 38.3 Å². The monoisotopic (exact) mass is 372 g/mol. The molecule has 1 atom stereocenters. The molecule has 8 heteroatoms. The van der Waals surface area contributed by atoms with Crippen molar-refractivity contribution in [2.45, 2.75) is 64.3 Å². The highest BCUT2D eigenvalue weighted by atomic mass is 19.4. The molecule has 1 aromatic carbocycles. The number of hydrazone groups is 1. The molecule has 2 rings (SSSR count). The second-order valence-corrected chi connectivity index (χ2v) is 6.56. The molecule has 1 aromatic rings. The number of aliphatic hydroxyl groups is 1. The average Bonchev–Trinajstić information content (AvgIpc) is 2.91. The Bertz CT molecular complexity index is 703. The van der Waals surface area contributed by atoms with Crippen molar-refractivity contribution >= 4 is 11.6 Å². The molecule has 0 aromatic heterocycles. The first kappa shape index (κ1) is 20.2. The van der Waals surface area contributed by atoms with Crippen LogP contribution in [0.3, 0.4) is 0 Å². The van der Waals surface area contributed by atoms with Crippen molar-refractivity contribution in [2.24, 2.45) is 5.10 Å². The molecule has 5 nitrogen and oxygen atoms in total. The van der Waals surface area contributed by atoms with Crippen molar-refractivity contribution in [1.82, 2.24) is 5.01 Å². The normalized spacial score (nSPS) is 20.4. The van der Waals surface area contributed by atoms with Gasteiger partial charge in [0, 0.05) is 12.1 Å². The van der Waals surface area contributed by atoms with Crippen LogP contribution in [0.4, 0.5) is 13.2 Å². The van der Waals surface area contributed by atoms with E-state index < -0.39 is 30.0 Å². The molecular formula is C18H23F3N2O3. The molecule has 0 spiro atoms. The third kappa shape index (κ3) is 3.85. The number of aromatic hydroxyl groups is 1. The van der Waals surface area contributed by atoms with Gasteiger partial charge in [0.2, 0.25) is 0 Å². The van der Waals surface area contributed by atoms with E-state index in [1.807, 2.05) is 6.92 Å². The molecule has 0 bridgehead atoms. The van der Waals surface area contributed by atoms with Crippen molar-refractivity contribution in [3.05, 3.63) is 29.3 Å². The van der Waals surface area contributed by atoms with E-state index in [1.54, 1.807) is 0 Å². The third-order valence-corrected chi connectivity index (χ3v) is 4.48. The maximum atomic E-state index is 13.5. The molecule has 144 valence electrons. The molecule has 1 heterocycles. The second-order valence-electron chi connectivity index (χ2n) is 6.56. The van der Waals surface area contributed by atoms with Crippen LogP contribution in [-0.2, 0) is 0 Å². The number of nitrogens with zero attached hydrogens (tertiary/aromatic N) is 2. The van der Waals surface area contributed by atoms with E-state index in [9.17, 15) is 28.2 Å². The number of alkyl halides is 3. The summed E-state index contributed by atoms with van der Waals surface area (Å²) in [5.41, 5.74) is -3.26. The minimum Gasteiger partial charge on any atom is -0.507 e. The third-order valence-electron chi connectivity index (χ3n) is 4.48. The van der Waals surface area contributed by atoms with Crippen LogP contribution >= 0.6 is 0 Å². The Hall–Kier alpha value is -2.09. The summed E-state index contributed by atoms with van der Waals surface area (Å²) in [5.74, 6) is -1.61. The minimum atomic E-state index is -5.07. The van der Waals surface area contributed by atoms with E-state index in [2.05, 4.69) is 5.10 Å². The van der Waals surface area contributed by atoms with Crippen molar-refractivity contribution < 1.29 is 28.2 Å². The van der Waals surface area contributed by atoms with Crippen LogP contribution in [-0.4, -0.2) is 38.7 Å². The Morgan fingerprint density at radius 2 is 2.00 bits per heavy atom. The van der Waals surface area contributed by atoms with Gasteiger partial charge in [-0.15, -0.1) is 0 Å². The molecule has 1 amide bonds. The Morgan fingerprint density at radius 1 is 1.31 bits per heavy atom. The molecule has 0 saturated carbocycles. The molecule has 0 saturated heterocycles. The standard InChI is InChI=1S/C18H23F3N2O3/c1-3-4-5-6-9-13-11-17(26,18(19,20)21)23(22-13)16(25)14-10-7-8-12(2)15(14)24/h7-8,10,24,26H,3-6,9,11H2,1-2H3/t17-/m1/s1. The lowest BCUT2D eigenvalue weighted by Crippen LogP contribution is -2.56. The summed E-state index contributed by atoms with van der Waals surface area (Å²) in [6, 6.07) is 4.17. The average molecular weight is 372 g/mol. The van der Waals surface area contributed by atoms with Crippen molar-refractivity contribution in [1.29, 1.82) is 0 Å². The van der Waals surface area contributed by atoms with Crippen LogP contribution in [0.2, 0.25) is 0 Å². The zero-order valence-electron chi connectivity index (χ0n) is 14.8. The van der Waals surface area contributed by atoms with Crippen LogP contribution in [0.25, 0.3) is 0 Å². The number of para-hydroxylation sites is 1. The van der Waals surface area contributed by atoms with Crippen LogP contribution in [0.5, 0.6) is 5.75 Å². The summed E-state index contributed by atoms with van der Waals surface area (Å²) in [5, 5.41) is 24.1. The van der Waals surface area contributed by atoms with Gasteiger partial charge < -0.3 is 10.2 Å². The lowest BCUT2D eigenvalue weighted by molar-refractivity contribution is -0.297. The Kier molecular flexibility index (Phi) is 5.95. The molecular weight excluding hydrogens is 349 g/mol. The SMILES string of the molecule is CCCCCCC1=NN(C(=O)c2cccc(C)c2O)[C@](O)(C(F)(F)F)C1. The molecule has 1 aliphatic heterocycles. The summed E-state index contributed by atoms with van der Waals surface area (Å²) in [7, 11) is 0. The molecule has 0 fully saturated rings. The van der Waals surface area contributed by atoms with Crippen molar-refractivity contribution in [2.75, 3.05) is 0 Å². The van der Waals surface area contributed by atoms with E-state index >= 15 is 0 Å². The predicted molar refractivity (Wildman–Crippen MR) is 90.8 cm³/mol. The summed E-state index contributed by atoms with van der Waals surface area (Å²) < 4.78 is 40.5.